The standard InChI is InChI=1S/C17H15F6NO6/c1-28-13(25)11-7-30-8-24(12(11)14(26)29-2)10-5-3-9(4-6-10)15(27,16(18,19)20)17(21,22)23/h3-6,27H,7-8H2,1-2H3. The number of benzene rings is 1. The molecular formula is C17H15F6NO6. The largest absolute Gasteiger partial charge is 0.466 e. The molecule has 0 unspecified atom stereocenters. The molecular weight excluding hydrogens is 428 g/mol. The van der Waals surface area contributed by atoms with Crippen LogP contribution in [0.5, 0.6) is 0 Å². The van der Waals surface area contributed by atoms with Crippen molar-refractivity contribution in [2.75, 3.05) is 32.5 Å². The number of nitrogens with zero attached hydrogens (tertiary/aromatic N) is 1. The van der Waals surface area contributed by atoms with Crippen LogP contribution in [0.2, 0.25) is 0 Å². The molecule has 0 fully saturated rings. The second-order valence-electron chi connectivity index (χ2n) is 5.97. The van der Waals surface area contributed by atoms with Gasteiger partial charge in [0.15, 0.2) is 0 Å². The number of halogens is 6. The first-order valence-electron chi connectivity index (χ1n) is 8.01. The SMILES string of the molecule is COC(=O)C1=C(C(=O)OC)N(c2ccc(C(O)(C(F)(F)F)C(F)(F)F)cc2)COC1. The van der Waals surface area contributed by atoms with Gasteiger partial charge < -0.3 is 24.2 Å². The molecule has 0 bridgehead atoms. The van der Waals surface area contributed by atoms with Crippen molar-refractivity contribution < 1.29 is 55.2 Å². The first-order valence-corrected chi connectivity index (χ1v) is 8.01. The van der Waals surface area contributed by atoms with Gasteiger partial charge in [-0.25, -0.2) is 9.59 Å². The first kappa shape index (κ1) is 23.5. The topological polar surface area (TPSA) is 85.3 Å². The zero-order chi connectivity index (χ0) is 22.9. The number of anilines is 1. The lowest BCUT2D eigenvalue weighted by molar-refractivity contribution is -0.376. The lowest BCUT2D eigenvalue weighted by Crippen LogP contribution is -2.53. The summed E-state index contributed by atoms with van der Waals surface area (Å²) in [5, 5.41) is 9.45. The van der Waals surface area contributed by atoms with Crippen LogP contribution < -0.4 is 4.90 Å². The highest BCUT2D eigenvalue weighted by molar-refractivity contribution is 6.03. The Kier molecular flexibility index (Phi) is 6.37. The Morgan fingerprint density at radius 1 is 0.967 bits per heavy atom. The van der Waals surface area contributed by atoms with Crippen molar-refractivity contribution in [3.63, 3.8) is 0 Å². The van der Waals surface area contributed by atoms with Gasteiger partial charge in [0, 0.05) is 11.3 Å². The van der Waals surface area contributed by atoms with E-state index in [1.807, 2.05) is 0 Å². The predicted molar refractivity (Wildman–Crippen MR) is 86.8 cm³/mol. The monoisotopic (exact) mass is 443 g/mol. The highest BCUT2D eigenvalue weighted by Gasteiger charge is 2.71. The normalized spacial score (nSPS) is 15.8. The van der Waals surface area contributed by atoms with Crippen molar-refractivity contribution in [2.24, 2.45) is 0 Å². The van der Waals surface area contributed by atoms with E-state index in [1.54, 1.807) is 0 Å². The fourth-order valence-corrected chi connectivity index (χ4v) is 2.72. The van der Waals surface area contributed by atoms with Gasteiger partial charge in [-0.3, -0.25) is 0 Å². The Labute approximate surface area is 165 Å². The van der Waals surface area contributed by atoms with Gasteiger partial charge in [0.2, 0.25) is 0 Å². The van der Waals surface area contributed by atoms with Crippen LogP contribution in [0.3, 0.4) is 0 Å². The molecule has 30 heavy (non-hydrogen) atoms. The maximum Gasteiger partial charge on any atom is 0.430 e. The second-order valence-corrected chi connectivity index (χ2v) is 5.97. The molecule has 0 amide bonds. The average molecular weight is 443 g/mol. The Morgan fingerprint density at radius 3 is 1.90 bits per heavy atom. The number of aliphatic hydroxyl groups is 1. The van der Waals surface area contributed by atoms with Gasteiger partial charge in [0.05, 0.1) is 26.4 Å². The van der Waals surface area contributed by atoms with Crippen molar-refractivity contribution in [1.29, 1.82) is 0 Å². The van der Waals surface area contributed by atoms with Crippen LogP contribution in [0.25, 0.3) is 0 Å². The van der Waals surface area contributed by atoms with Gasteiger partial charge >= 0.3 is 24.3 Å². The third kappa shape index (κ3) is 3.94. The Morgan fingerprint density at radius 2 is 1.47 bits per heavy atom. The summed E-state index contributed by atoms with van der Waals surface area (Å²) < 4.78 is 92.4. The molecule has 1 N–H and O–H groups in total. The predicted octanol–water partition coefficient (Wildman–Crippen LogP) is 2.39. The average Bonchev–Trinajstić information content (AvgIpc) is 2.69. The van der Waals surface area contributed by atoms with E-state index in [-0.39, 0.29) is 30.3 Å². The van der Waals surface area contributed by atoms with Crippen molar-refractivity contribution in [3.05, 3.63) is 41.1 Å². The van der Waals surface area contributed by atoms with E-state index in [2.05, 4.69) is 9.47 Å². The zero-order valence-corrected chi connectivity index (χ0v) is 15.4. The summed E-state index contributed by atoms with van der Waals surface area (Å²) in [6.45, 7) is -0.708. The van der Waals surface area contributed by atoms with E-state index in [0.29, 0.717) is 12.1 Å². The number of esters is 2. The second kappa shape index (κ2) is 8.14. The maximum absolute atomic E-state index is 13.0. The number of ether oxygens (including phenoxy) is 3. The smallest absolute Gasteiger partial charge is 0.430 e. The van der Waals surface area contributed by atoms with E-state index in [0.717, 1.165) is 31.3 Å². The molecule has 0 saturated heterocycles. The minimum atomic E-state index is -6.05. The molecule has 1 aromatic rings. The van der Waals surface area contributed by atoms with Crippen LogP contribution in [0.1, 0.15) is 5.56 Å². The number of alkyl halides is 6. The molecule has 1 aliphatic heterocycles. The Balaban J connectivity index is 2.56. The quantitative estimate of drug-likeness (QED) is 0.565. The lowest BCUT2D eigenvalue weighted by Gasteiger charge is -2.34. The minimum absolute atomic E-state index is 0.105. The van der Waals surface area contributed by atoms with Crippen LogP contribution in [-0.4, -0.2) is 57.0 Å². The summed E-state index contributed by atoms with van der Waals surface area (Å²) >= 11 is 0. The molecule has 0 atom stereocenters. The molecule has 0 saturated carbocycles. The number of hydrogen-bond acceptors (Lipinski definition) is 7. The van der Waals surface area contributed by atoms with Crippen molar-refractivity contribution in [3.8, 4) is 0 Å². The number of carbonyl (C=O) groups is 2. The number of carbonyl (C=O) groups excluding carboxylic acids is 2. The molecule has 2 rings (SSSR count). The molecule has 1 aliphatic rings. The summed E-state index contributed by atoms with van der Waals surface area (Å²) in [5.74, 6) is -1.95. The lowest BCUT2D eigenvalue weighted by atomic mass is 9.92. The third-order valence-electron chi connectivity index (χ3n) is 4.25. The molecule has 1 aromatic carbocycles. The van der Waals surface area contributed by atoms with Gasteiger partial charge in [-0.2, -0.15) is 26.3 Å². The zero-order valence-electron chi connectivity index (χ0n) is 15.4. The van der Waals surface area contributed by atoms with Crippen molar-refractivity contribution in [1.82, 2.24) is 0 Å². The van der Waals surface area contributed by atoms with Gasteiger partial charge in [0.25, 0.3) is 5.60 Å². The van der Waals surface area contributed by atoms with E-state index in [1.165, 1.54) is 0 Å². The molecule has 0 spiro atoms. The van der Waals surface area contributed by atoms with Crippen LogP contribution in [0.4, 0.5) is 32.0 Å². The number of methoxy groups -OCH3 is 2. The summed E-state index contributed by atoms with van der Waals surface area (Å²) in [4.78, 5) is 25.1. The van der Waals surface area contributed by atoms with Gasteiger partial charge in [-0.05, 0) is 12.1 Å². The summed E-state index contributed by atoms with van der Waals surface area (Å²) in [7, 11) is 2.04. The van der Waals surface area contributed by atoms with Crippen LogP contribution >= 0.6 is 0 Å². The van der Waals surface area contributed by atoms with E-state index >= 15 is 0 Å². The molecule has 166 valence electrons. The van der Waals surface area contributed by atoms with Gasteiger partial charge in [0.1, 0.15) is 12.4 Å². The summed E-state index contributed by atoms with van der Waals surface area (Å²) in [6, 6.07) is 2.39. The van der Waals surface area contributed by atoms with E-state index in [4.69, 9.17) is 4.74 Å². The third-order valence-corrected chi connectivity index (χ3v) is 4.25. The van der Waals surface area contributed by atoms with Crippen molar-refractivity contribution in [2.45, 2.75) is 18.0 Å². The van der Waals surface area contributed by atoms with Crippen LogP contribution in [-0.2, 0) is 29.4 Å². The van der Waals surface area contributed by atoms with Gasteiger partial charge in [-0.1, -0.05) is 12.1 Å². The van der Waals surface area contributed by atoms with E-state index < -0.39 is 35.5 Å². The molecule has 0 radical (unpaired) electrons. The van der Waals surface area contributed by atoms with Gasteiger partial charge in [-0.15, -0.1) is 0 Å². The fraction of sp³-hybridized carbons (Fsp3) is 0.412. The van der Waals surface area contributed by atoms with E-state index in [9.17, 15) is 41.0 Å². The van der Waals surface area contributed by atoms with Crippen LogP contribution in [0.15, 0.2) is 35.5 Å². The highest BCUT2D eigenvalue weighted by Crippen LogP contribution is 2.50. The molecule has 1 heterocycles. The van der Waals surface area contributed by atoms with Crippen LogP contribution in [0, 0.1) is 0 Å². The minimum Gasteiger partial charge on any atom is -0.466 e. The maximum atomic E-state index is 13.0. The fourth-order valence-electron chi connectivity index (χ4n) is 2.72. The summed E-state index contributed by atoms with van der Waals surface area (Å²) in [6.07, 6.45) is -12.1. The molecule has 0 aliphatic carbocycles. The first-order chi connectivity index (χ1) is 13.8. The molecule has 0 aromatic heterocycles. The molecule has 13 heteroatoms. The number of rotatable bonds is 4. The number of hydrogen-bond donors (Lipinski definition) is 1. The van der Waals surface area contributed by atoms with Crippen molar-refractivity contribution >= 4 is 17.6 Å². The summed E-state index contributed by atoms with van der Waals surface area (Å²) in [5.41, 5.74) is -7.31. The highest BCUT2D eigenvalue weighted by atomic mass is 19.4. The Hall–Kier alpha value is -2.80. The molecule has 7 nitrogen and oxygen atoms in total. The Bertz CT molecular complexity index is 832.